The maximum Gasteiger partial charge on any atom is 0.328 e. The van der Waals surface area contributed by atoms with Crippen molar-refractivity contribution >= 4 is 11.7 Å². The van der Waals surface area contributed by atoms with Crippen LogP contribution < -0.4 is 5.32 Å². The van der Waals surface area contributed by atoms with Gasteiger partial charge in [0.05, 0.1) is 12.8 Å². The summed E-state index contributed by atoms with van der Waals surface area (Å²) < 4.78 is 18.4. The normalized spacial score (nSPS) is 16.4. The lowest BCUT2D eigenvalue weighted by Gasteiger charge is -2.18. The van der Waals surface area contributed by atoms with Crippen molar-refractivity contribution in [2.75, 3.05) is 12.4 Å². The first kappa shape index (κ1) is 11.9. The predicted molar refractivity (Wildman–Crippen MR) is 63.3 cm³/mol. The van der Waals surface area contributed by atoms with Crippen molar-refractivity contribution in [3.8, 4) is 0 Å². The summed E-state index contributed by atoms with van der Waals surface area (Å²) in [5.74, 6) is -0.392. The molecule has 92 valence electrons. The SMILES string of the molecule is COC(=O)C(Nc1c(C)cccc1F)C1CC1. The van der Waals surface area contributed by atoms with Crippen molar-refractivity contribution in [3.63, 3.8) is 0 Å². The minimum absolute atomic E-state index is 0.265. The Balaban J connectivity index is 2.20. The van der Waals surface area contributed by atoms with Crippen LogP contribution >= 0.6 is 0 Å². The lowest BCUT2D eigenvalue weighted by molar-refractivity contribution is -0.142. The lowest BCUT2D eigenvalue weighted by Crippen LogP contribution is -2.33. The Morgan fingerprint density at radius 2 is 2.24 bits per heavy atom. The van der Waals surface area contributed by atoms with E-state index in [9.17, 15) is 9.18 Å². The van der Waals surface area contributed by atoms with Gasteiger partial charge >= 0.3 is 5.97 Å². The second-order valence-corrected chi connectivity index (χ2v) is 4.41. The van der Waals surface area contributed by atoms with E-state index < -0.39 is 6.04 Å². The van der Waals surface area contributed by atoms with Crippen molar-refractivity contribution in [1.29, 1.82) is 0 Å². The number of anilines is 1. The Labute approximate surface area is 100.0 Å². The van der Waals surface area contributed by atoms with E-state index in [1.165, 1.54) is 13.2 Å². The van der Waals surface area contributed by atoms with Gasteiger partial charge in [-0.25, -0.2) is 9.18 Å². The Morgan fingerprint density at radius 3 is 2.76 bits per heavy atom. The third-order valence-corrected chi connectivity index (χ3v) is 3.07. The first-order valence-electron chi connectivity index (χ1n) is 5.73. The molecule has 3 nitrogen and oxygen atoms in total. The smallest absolute Gasteiger partial charge is 0.328 e. The first-order valence-corrected chi connectivity index (χ1v) is 5.73. The highest BCUT2D eigenvalue weighted by Crippen LogP contribution is 2.35. The molecular weight excluding hydrogens is 221 g/mol. The zero-order valence-corrected chi connectivity index (χ0v) is 10.00. The van der Waals surface area contributed by atoms with Crippen molar-refractivity contribution in [1.82, 2.24) is 0 Å². The molecule has 0 spiro atoms. The summed E-state index contributed by atoms with van der Waals surface area (Å²) in [5, 5.41) is 2.98. The molecule has 1 aromatic carbocycles. The molecule has 2 rings (SSSR count). The number of hydrogen-bond donors (Lipinski definition) is 1. The van der Waals surface area contributed by atoms with E-state index >= 15 is 0 Å². The van der Waals surface area contributed by atoms with Crippen LogP contribution in [0.15, 0.2) is 18.2 Å². The fraction of sp³-hybridized carbons (Fsp3) is 0.462. The molecule has 1 N–H and O–H groups in total. The van der Waals surface area contributed by atoms with E-state index in [0.29, 0.717) is 5.69 Å². The summed E-state index contributed by atoms with van der Waals surface area (Å²) in [4.78, 5) is 11.6. The van der Waals surface area contributed by atoms with Crippen LogP contribution in [0.4, 0.5) is 10.1 Å². The Hall–Kier alpha value is -1.58. The van der Waals surface area contributed by atoms with Crippen molar-refractivity contribution in [2.45, 2.75) is 25.8 Å². The number of para-hydroxylation sites is 1. The van der Waals surface area contributed by atoms with E-state index in [2.05, 4.69) is 5.32 Å². The molecule has 1 aromatic rings. The van der Waals surface area contributed by atoms with E-state index in [1.807, 2.05) is 13.0 Å². The number of carbonyl (C=O) groups excluding carboxylic acids is 1. The van der Waals surface area contributed by atoms with Gasteiger partial charge in [0.1, 0.15) is 11.9 Å². The first-order chi connectivity index (χ1) is 8.13. The molecule has 17 heavy (non-hydrogen) atoms. The van der Waals surface area contributed by atoms with Crippen LogP contribution in [0.25, 0.3) is 0 Å². The molecule has 0 heterocycles. The number of hydrogen-bond acceptors (Lipinski definition) is 3. The van der Waals surface area contributed by atoms with Crippen LogP contribution in [-0.4, -0.2) is 19.1 Å². The highest BCUT2D eigenvalue weighted by molar-refractivity contribution is 5.80. The van der Waals surface area contributed by atoms with E-state index in [1.54, 1.807) is 6.07 Å². The van der Waals surface area contributed by atoms with Gasteiger partial charge in [0.2, 0.25) is 0 Å². The number of ether oxygens (including phenoxy) is 1. The van der Waals surface area contributed by atoms with Crippen LogP contribution in [0, 0.1) is 18.7 Å². The van der Waals surface area contributed by atoms with Crippen LogP contribution in [0.3, 0.4) is 0 Å². The standard InChI is InChI=1S/C13H16FNO2/c1-8-4-3-5-10(14)11(8)15-12(9-6-7-9)13(16)17-2/h3-5,9,12,15H,6-7H2,1-2H3. The van der Waals surface area contributed by atoms with Gasteiger partial charge in [0, 0.05) is 0 Å². The summed E-state index contributed by atoms with van der Waals surface area (Å²) in [6.45, 7) is 1.81. The second kappa shape index (κ2) is 4.73. The number of halogens is 1. The van der Waals surface area contributed by atoms with Crippen LogP contribution in [0.2, 0.25) is 0 Å². The largest absolute Gasteiger partial charge is 0.467 e. The van der Waals surface area contributed by atoms with Gasteiger partial charge in [-0.15, -0.1) is 0 Å². The maximum atomic E-state index is 13.6. The maximum absolute atomic E-state index is 13.6. The van der Waals surface area contributed by atoms with Gasteiger partial charge in [-0.3, -0.25) is 0 Å². The number of rotatable bonds is 4. The molecule has 1 unspecified atom stereocenters. The Bertz CT molecular complexity index is 409. The number of methoxy groups -OCH3 is 1. The van der Waals surface area contributed by atoms with Gasteiger partial charge in [0.25, 0.3) is 0 Å². The molecule has 0 aliphatic heterocycles. The summed E-state index contributed by atoms with van der Waals surface area (Å²) >= 11 is 0. The molecule has 1 aliphatic carbocycles. The Morgan fingerprint density at radius 1 is 1.53 bits per heavy atom. The van der Waals surface area contributed by atoms with Gasteiger partial charge < -0.3 is 10.1 Å². The van der Waals surface area contributed by atoms with Gasteiger partial charge in [-0.1, -0.05) is 12.1 Å². The molecule has 0 radical (unpaired) electrons. The van der Waals surface area contributed by atoms with Gasteiger partial charge in [-0.2, -0.15) is 0 Å². The molecule has 0 aromatic heterocycles. The molecule has 1 atom stereocenters. The molecule has 0 amide bonds. The van der Waals surface area contributed by atoms with Crippen LogP contribution in [0.5, 0.6) is 0 Å². The van der Waals surface area contributed by atoms with E-state index in [-0.39, 0.29) is 17.7 Å². The summed E-state index contributed by atoms with van der Waals surface area (Å²) in [6.07, 6.45) is 1.97. The number of aryl methyl sites for hydroxylation is 1. The third-order valence-electron chi connectivity index (χ3n) is 3.07. The number of esters is 1. The third kappa shape index (κ3) is 2.57. The van der Waals surface area contributed by atoms with E-state index in [4.69, 9.17) is 4.74 Å². The summed E-state index contributed by atoms with van der Waals surface area (Å²) in [7, 11) is 1.35. The molecule has 4 heteroatoms. The quantitative estimate of drug-likeness (QED) is 0.818. The summed E-state index contributed by atoms with van der Waals surface area (Å²) in [5.41, 5.74) is 1.19. The topological polar surface area (TPSA) is 38.3 Å². The van der Waals surface area contributed by atoms with Crippen molar-refractivity contribution < 1.29 is 13.9 Å². The monoisotopic (exact) mass is 237 g/mol. The fourth-order valence-corrected chi connectivity index (χ4v) is 1.90. The molecular formula is C13H16FNO2. The average molecular weight is 237 g/mol. The lowest BCUT2D eigenvalue weighted by atomic mass is 10.1. The fourth-order valence-electron chi connectivity index (χ4n) is 1.90. The van der Waals surface area contributed by atoms with Gasteiger partial charge in [0.15, 0.2) is 0 Å². The number of nitrogens with one attached hydrogen (secondary N) is 1. The second-order valence-electron chi connectivity index (χ2n) is 4.41. The molecule has 0 saturated heterocycles. The van der Waals surface area contributed by atoms with Crippen molar-refractivity contribution in [2.24, 2.45) is 5.92 Å². The van der Waals surface area contributed by atoms with E-state index in [0.717, 1.165) is 18.4 Å². The van der Waals surface area contributed by atoms with Crippen molar-refractivity contribution in [3.05, 3.63) is 29.6 Å². The number of carbonyl (C=O) groups is 1. The summed E-state index contributed by atoms with van der Waals surface area (Å²) in [6, 6.07) is 4.42. The molecule has 0 bridgehead atoms. The highest BCUT2D eigenvalue weighted by atomic mass is 19.1. The average Bonchev–Trinajstić information content (AvgIpc) is 3.12. The molecule has 1 saturated carbocycles. The molecule has 1 aliphatic rings. The molecule has 1 fully saturated rings. The van der Waals surface area contributed by atoms with Gasteiger partial charge in [-0.05, 0) is 37.3 Å². The number of benzene rings is 1. The van der Waals surface area contributed by atoms with Crippen LogP contribution in [-0.2, 0) is 9.53 Å². The minimum Gasteiger partial charge on any atom is -0.467 e. The zero-order valence-electron chi connectivity index (χ0n) is 10.00. The zero-order chi connectivity index (χ0) is 12.4. The Kier molecular flexibility index (Phi) is 3.31. The minimum atomic E-state index is -0.435. The van der Waals surface area contributed by atoms with Crippen LogP contribution in [0.1, 0.15) is 18.4 Å². The highest BCUT2D eigenvalue weighted by Gasteiger charge is 2.37. The predicted octanol–water partition coefficient (Wildman–Crippen LogP) is 2.50.